The molecule has 0 radical (unpaired) electrons. The van der Waals surface area contributed by atoms with Crippen molar-refractivity contribution in [1.82, 2.24) is 10.2 Å². The summed E-state index contributed by atoms with van der Waals surface area (Å²) in [6.45, 7) is 11.4. The molecule has 0 aliphatic heterocycles. The summed E-state index contributed by atoms with van der Waals surface area (Å²) >= 11 is 0. The van der Waals surface area contributed by atoms with Gasteiger partial charge in [-0.15, -0.1) is 0 Å². The van der Waals surface area contributed by atoms with Gasteiger partial charge in [0.25, 0.3) is 0 Å². The highest BCUT2D eigenvalue weighted by Crippen LogP contribution is 2.13. The smallest absolute Gasteiger partial charge is 0.119 e. The maximum Gasteiger partial charge on any atom is 0.119 e. The topological polar surface area (TPSA) is 24.5 Å². The third kappa shape index (κ3) is 7.49. The molecular weight excluding hydrogens is 260 g/mol. The molecule has 3 nitrogen and oxygen atoms in total. The number of hydrogen-bond acceptors (Lipinski definition) is 3. The summed E-state index contributed by atoms with van der Waals surface area (Å²) in [4.78, 5) is 2.37. The predicted octanol–water partition coefficient (Wildman–Crippen LogP) is 3.68. The Labute approximate surface area is 130 Å². The van der Waals surface area contributed by atoms with Crippen LogP contribution in [0.15, 0.2) is 24.3 Å². The number of nitrogens with zero attached hydrogens (tertiary/aromatic N) is 1. The van der Waals surface area contributed by atoms with E-state index >= 15 is 0 Å². The number of hydrogen-bond donors (Lipinski definition) is 1. The lowest BCUT2D eigenvalue weighted by Gasteiger charge is -2.24. The van der Waals surface area contributed by atoms with E-state index in [0.717, 1.165) is 25.4 Å². The molecule has 0 bridgehead atoms. The van der Waals surface area contributed by atoms with Crippen LogP contribution in [0.3, 0.4) is 0 Å². The number of nitrogens with one attached hydrogen (secondary N) is 1. The quantitative estimate of drug-likeness (QED) is 0.712. The molecule has 1 aromatic carbocycles. The average Bonchev–Trinajstić information content (AvgIpc) is 2.45. The lowest BCUT2D eigenvalue weighted by atomic mass is 10.2. The van der Waals surface area contributed by atoms with Crippen molar-refractivity contribution in [3.05, 3.63) is 29.8 Å². The van der Waals surface area contributed by atoms with Crippen molar-refractivity contribution in [3.8, 4) is 5.75 Å². The minimum atomic E-state index is 0.503. The molecule has 0 saturated carbocycles. The first-order valence-electron chi connectivity index (χ1n) is 8.18. The summed E-state index contributed by atoms with van der Waals surface area (Å²) in [7, 11) is 2.17. The van der Waals surface area contributed by atoms with Crippen LogP contribution < -0.4 is 10.1 Å². The van der Waals surface area contributed by atoms with Crippen molar-refractivity contribution in [2.45, 2.75) is 59.2 Å². The molecule has 1 rings (SSSR count). The summed E-state index contributed by atoms with van der Waals surface area (Å²) in [6, 6.07) is 9.50. The molecule has 1 N–H and O–H groups in total. The first-order valence-corrected chi connectivity index (χ1v) is 8.18. The fraction of sp³-hybridized carbons (Fsp3) is 0.667. The molecular formula is C18H32N2O. The van der Waals surface area contributed by atoms with E-state index in [1.54, 1.807) is 0 Å². The van der Waals surface area contributed by atoms with Crippen LogP contribution in [0.5, 0.6) is 5.75 Å². The van der Waals surface area contributed by atoms with Gasteiger partial charge in [-0.05, 0) is 38.1 Å². The Hall–Kier alpha value is -1.06. The highest BCUT2D eigenvalue weighted by Gasteiger charge is 2.07. The highest BCUT2D eigenvalue weighted by molar-refractivity contribution is 5.28. The van der Waals surface area contributed by atoms with Crippen molar-refractivity contribution in [3.63, 3.8) is 0 Å². The fourth-order valence-corrected chi connectivity index (χ4v) is 2.23. The van der Waals surface area contributed by atoms with E-state index in [1.807, 2.05) is 6.07 Å². The third-order valence-electron chi connectivity index (χ3n) is 3.78. The first-order chi connectivity index (χ1) is 10.0. The number of ether oxygens (including phenoxy) is 1. The van der Waals surface area contributed by atoms with Crippen LogP contribution in [0.25, 0.3) is 0 Å². The average molecular weight is 292 g/mol. The Bertz CT molecular complexity index is 393. The number of likely N-dealkylation sites (N-methyl/N-ethyl adjacent to an activating group) is 1. The highest BCUT2D eigenvalue weighted by atomic mass is 16.5. The van der Waals surface area contributed by atoms with E-state index in [0.29, 0.717) is 12.1 Å². The monoisotopic (exact) mass is 292 g/mol. The van der Waals surface area contributed by atoms with Crippen molar-refractivity contribution in [2.75, 3.05) is 20.2 Å². The van der Waals surface area contributed by atoms with E-state index in [9.17, 15) is 0 Å². The molecule has 0 aromatic heterocycles. The fourth-order valence-electron chi connectivity index (χ4n) is 2.23. The van der Waals surface area contributed by atoms with Crippen molar-refractivity contribution in [1.29, 1.82) is 0 Å². The zero-order chi connectivity index (χ0) is 15.7. The van der Waals surface area contributed by atoms with Crippen LogP contribution in [0.4, 0.5) is 0 Å². The Balaban J connectivity index is 2.36. The van der Waals surface area contributed by atoms with Crippen LogP contribution in [-0.4, -0.2) is 37.2 Å². The lowest BCUT2D eigenvalue weighted by Crippen LogP contribution is -2.32. The Morgan fingerprint density at radius 1 is 1.24 bits per heavy atom. The van der Waals surface area contributed by atoms with Gasteiger partial charge in [0.1, 0.15) is 12.4 Å². The molecule has 21 heavy (non-hydrogen) atoms. The molecule has 1 unspecified atom stereocenters. The Morgan fingerprint density at radius 2 is 2.00 bits per heavy atom. The lowest BCUT2D eigenvalue weighted by molar-refractivity contribution is 0.193. The van der Waals surface area contributed by atoms with Crippen LogP contribution >= 0.6 is 0 Å². The summed E-state index contributed by atoms with van der Waals surface area (Å²) < 4.78 is 5.88. The van der Waals surface area contributed by atoms with Gasteiger partial charge >= 0.3 is 0 Å². The van der Waals surface area contributed by atoms with E-state index < -0.39 is 0 Å². The van der Waals surface area contributed by atoms with Gasteiger partial charge in [-0.25, -0.2) is 0 Å². The van der Waals surface area contributed by atoms with Gasteiger partial charge in [0.15, 0.2) is 0 Å². The third-order valence-corrected chi connectivity index (χ3v) is 3.78. The van der Waals surface area contributed by atoms with Gasteiger partial charge in [0.05, 0.1) is 0 Å². The first kappa shape index (κ1) is 18.0. The van der Waals surface area contributed by atoms with Crippen molar-refractivity contribution >= 4 is 0 Å². The molecule has 120 valence electrons. The van der Waals surface area contributed by atoms with E-state index in [-0.39, 0.29) is 0 Å². The number of benzene rings is 1. The predicted molar refractivity (Wildman–Crippen MR) is 90.9 cm³/mol. The van der Waals surface area contributed by atoms with E-state index in [4.69, 9.17) is 4.74 Å². The SMILES string of the molecule is CCCC(C)N(C)CCOc1cccc(CNC(C)C)c1. The molecule has 0 saturated heterocycles. The maximum atomic E-state index is 5.88. The molecule has 0 fully saturated rings. The zero-order valence-corrected chi connectivity index (χ0v) is 14.4. The Kier molecular flexibility index (Phi) is 8.40. The van der Waals surface area contributed by atoms with E-state index in [1.165, 1.54) is 18.4 Å². The second-order valence-electron chi connectivity index (χ2n) is 6.15. The normalized spacial score (nSPS) is 12.9. The standard InChI is InChI=1S/C18H32N2O/c1-6-8-16(4)20(5)11-12-21-18-10-7-9-17(13-18)14-19-15(2)3/h7,9-10,13,15-16,19H,6,8,11-12,14H2,1-5H3. The van der Waals surface area contributed by atoms with Gasteiger partial charge in [-0.1, -0.05) is 39.3 Å². The van der Waals surface area contributed by atoms with Crippen molar-refractivity contribution < 1.29 is 4.74 Å². The minimum Gasteiger partial charge on any atom is -0.492 e. The molecule has 1 atom stereocenters. The van der Waals surface area contributed by atoms with Gasteiger partial charge in [-0.2, -0.15) is 0 Å². The summed E-state index contributed by atoms with van der Waals surface area (Å²) in [5, 5.41) is 3.43. The Morgan fingerprint density at radius 3 is 2.67 bits per heavy atom. The molecule has 0 heterocycles. The second kappa shape index (κ2) is 9.80. The van der Waals surface area contributed by atoms with Gasteiger partial charge in [0.2, 0.25) is 0 Å². The van der Waals surface area contributed by atoms with Crippen LogP contribution in [0.1, 0.15) is 46.1 Å². The molecule has 3 heteroatoms. The minimum absolute atomic E-state index is 0.503. The summed E-state index contributed by atoms with van der Waals surface area (Å²) in [5.74, 6) is 0.967. The second-order valence-corrected chi connectivity index (χ2v) is 6.15. The molecule has 0 amide bonds. The van der Waals surface area contributed by atoms with Gasteiger partial charge < -0.3 is 15.0 Å². The number of rotatable bonds is 10. The van der Waals surface area contributed by atoms with Crippen molar-refractivity contribution in [2.24, 2.45) is 0 Å². The van der Waals surface area contributed by atoms with E-state index in [2.05, 4.69) is 63.2 Å². The summed E-state index contributed by atoms with van der Waals surface area (Å²) in [6.07, 6.45) is 2.48. The van der Waals surface area contributed by atoms with Crippen LogP contribution in [0, 0.1) is 0 Å². The molecule has 0 aliphatic carbocycles. The summed E-state index contributed by atoms with van der Waals surface area (Å²) in [5.41, 5.74) is 1.27. The van der Waals surface area contributed by atoms with Crippen LogP contribution in [0.2, 0.25) is 0 Å². The molecule has 0 aliphatic rings. The molecule has 0 spiro atoms. The van der Waals surface area contributed by atoms with Gasteiger partial charge in [-0.3, -0.25) is 0 Å². The largest absolute Gasteiger partial charge is 0.492 e. The van der Waals surface area contributed by atoms with Crippen LogP contribution in [-0.2, 0) is 6.54 Å². The maximum absolute atomic E-state index is 5.88. The molecule has 1 aromatic rings. The zero-order valence-electron chi connectivity index (χ0n) is 14.4. The van der Waals surface area contributed by atoms with Gasteiger partial charge in [0, 0.05) is 25.2 Å².